The van der Waals surface area contributed by atoms with Crippen LogP contribution < -0.4 is 4.90 Å². The van der Waals surface area contributed by atoms with Crippen LogP contribution in [0, 0.1) is 0 Å². The molecule has 3 heteroatoms. The third kappa shape index (κ3) is 2.16. The second kappa shape index (κ2) is 5.08. The van der Waals surface area contributed by atoms with Crippen LogP contribution in [0.25, 0.3) is 6.08 Å². The molecule has 0 fully saturated rings. The molecule has 1 heterocycles. The number of carbonyl (C=O) groups excluding carboxylic acids is 1. The van der Waals surface area contributed by atoms with Crippen molar-refractivity contribution < 1.29 is 9.53 Å². The molecule has 1 aliphatic heterocycles. The average Bonchev–Trinajstić information content (AvgIpc) is 2.37. The Morgan fingerprint density at radius 1 is 1.44 bits per heavy atom. The van der Waals surface area contributed by atoms with Crippen molar-refractivity contribution >= 4 is 17.9 Å². The van der Waals surface area contributed by atoms with Gasteiger partial charge in [-0.2, -0.15) is 0 Å². The number of carbonyl (C=O) groups is 1. The molecule has 0 N–H and O–H groups in total. The van der Waals surface area contributed by atoms with Gasteiger partial charge in [0.25, 0.3) is 0 Å². The second-order valence-electron chi connectivity index (χ2n) is 4.28. The zero-order valence-electron chi connectivity index (χ0n) is 10.7. The number of hydrogen-bond donors (Lipinski definition) is 0. The van der Waals surface area contributed by atoms with Crippen molar-refractivity contribution in [3.8, 4) is 0 Å². The molecule has 94 valence electrons. The first-order valence-corrected chi connectivity index (χ1v) is 6.03. The Balaban J connectivity index is 2.45. The lowest BCUT2D eigenvalue weighted by atomic mass is 9.99. The van der Waals surface area contributed by atoms with E-state index < -0.39 is 0 Å². The molecular weight excluding hydrogens is 226 g/mol. The Morgan fingerprint density at radius 2 is 2.17 bits per heavy atom. The Morgan fingerprint density at radius 3 is 2.83 bits per heavy atom. The molecule has 0 aromatic heterocycles. The van der Waals surface area contributed by atoms with Crippen LogP contribution >= 0.6 is 0 Å². The maximum atomic E-state index is 12.1. The van der Waals surface area contributed by atoms with Crippen molar-refractivity contribution in [1.82, 2.24) is 0 Å². The van der Waals surface area contributed by atoms with Gasteiger partial charge in [-0.05, 0) is 25.5 Å². The summed E-state index contributed by atoms with van der Waals surface area (Å²) >= 11 is 0. The summed E-state index contributed by atoms with van der Waals surface area (Å²) in [5.74, 6) is 0. The standard InChI is InChI=1S/C15H17NO2/c1-4-18-15(17)16-13(11(2)3)10-9-12-7-5-6-8-14(12)16/h5-10,13H,2,4H2,1,3H3. The first kappa shape index (κ1) is 12.4. The van der Waals surface area contributed by atoms with E-state index in [0.717, 1.165) is 16.8 Å². The van der Waals surface area contributed by atoms with Gasteiger partial charge < -0.3 is 4.74 Å². The minimum absolute atomic E-state index is 0.140. The number of amides is 1. The average molecular weight is 243 g/mol. The number of rotatable bonds is 2. The topological polar surface area (TPSA) is 29.5 Å². The first-order chi connectivity index (χ1) is 8.65. The van der Waals surface area contributed by atoms with Crippen LogP contribution in [0.4, 0.5) is 10.5 Å². The summed E-state index contributed by atoms with van der Waals surface area (Å²) < 4.78 is 5.13. The van der Waals surface area contributed by atoms with Crippen molar-refractivity contribution in [2.75, 3.05) is 11.5 Å². The van der Waals surface area contributed by atoms with E-state index in [2.05, 4.69) is 6.58 Å². The van der Waals surface area contributed by atoms with Gasteiger partial charge in [0, 0.05) is 0 Å². The molecular formula is C15H17NO2. The summed E-state index contributed by atoms with van der Waals surface area (Å²) in [7, 11) is 0. The van der Waals surface area contributed by atoms with Crippen LogP contribution in [-0.2, 0) is 4.74 Å². The van der Waals surface area contributed by atoms with Crippen LogP contribution in [-0.4, -0.2) is 18.7 Å². The predicted molar refractivity (Wildman–Crippen MR) is 73.6 cm³/mol. The molecule has 18 heavy (non-hydrogen) atoms. The van der Waals surface area contributed by atoms with Crippen molar-refractivity contribution in [2.24, 2.45) is 0 Å². The summed E-state index contributed by atoms with van der Waals surface area (Å²) in [6.45, 7) is 8.03. The highest BCUT2D eigenvalue weighted by atomic mass is 16.6. The minimum atomic E-state index is -0.331. The summed E-state index contributed by atoms with van der Waals surface area (Å²) in [6.07, 6.45) is 3.66. The van der Waals surface area contributed by atoms with Gasteiger partial charge in [0.2, 0.25) is 0 Å². The highest BCUT2D eigenvalue weighted by Crippen LogP contribution is 2.31. The third-order valence-electron chi connectivity index (χ3n) is 2.90. The number of fused-ring (bicyclic) bond motifs is 1. The van der Waals surface area contributed by atoms with Crippen molar-refractivity contribution in [2.45, 2.75) is 19.9 Å². The highest BCUT2D eigenvalue weighted by molar-refractivity contribution is 5.94. The molecule has 0 saturated heterocycles. The second-order valence-corrected chi connectivity index (χ2v) is 4.28. The van der Waals surface area contributed by atoms with Crippen molar-refractivity contribution in [3.63, 3.8) is 0 Å². The SMILES string of the molecule is C=C(C)C1C=Cc2ccccc2N1C(=O)OCC. The summed E-state index contributed by atoms with van der Waals surface area (Å²) in [5, 5.41) is 0. The maximum absolute atomic E-state index is 12.1. The van der Waals surface area contributed by atoms with Gasteiger partial charge in [-0.25, -0.2) is 4.79 Å². The van der Waals surface area contributed by atoms with E-state index >= 15 is 0 Å². The smallest absolute Gasteiger partial charge is 0.415 e. The minimum Gasteiger partial charge on any atom is -0.449 e. The number of hydrogen-bond acceptors (Lipinski definition) is 2. The molecule has 0 saturated carbocycles. The van der Waals surface area contributed by atoms with E-state index in [1.54, 1.807) is 11.8 Å². The normalized spacial score (nSPS) is 17.2. The molecule has 3 nitrogen and oxygen atoms in total. The Labute approximate surface area is 107 Å². The summed E-state index contributed by atoms with van der Waals surface area (Å²) in [6, 6.07) is 7.63. The first-order valence-electron chi connectivity index (χ1n) is 6.03. The fraction of sp³-hybridized carbons (Fsp3) is 0.267. The van der Waals surface area contributed by atoms with E-state index in [0.29, 0.717) is 6.61 Å². The molecule has 0 bridgehead atoms. The fourth-order valence-corrected chi connectivity index (χ4v) is 2.07. The van der Waals surface area contributed by atoms with Crippen LogP contribution in [0.3, 0.4) is 0 Å². The van der Waals surface area contributed by atoms with E-state index in [9.17, 15) is 4.79 Å². The molecule has 0 radical (unpaired) electrons. The molecule has 1 unspecified atom stereocenters. The molecule has 1 aromatic carbocycles. The van der Waals surface area contributed by atoms with Gasteiger partial charge in [-0.3, -0.25) is 4.90 Å². The van der Waals surface area contributed by atoms with Crippen LogP contribution in [0.1, 0.15) is 19.4 Å². The van der Waals surface area contributed by atoms with Gasteiger partial charge in [-0.1, -0.05) is 42.5 Å². The van der Waals surface area contributed by atoms with Crippen LogP contribution in [0.15, 0.2) is 42.5 Å². The number of para-hydroxylation sites is 1. The van der Waals surface area contributed by atoms with Gasteiger partial charge in [0.15, 0.2) is 0 Å². The predicted octanol–water partition coefficient (Wildman–Crippen LogP) is 3.62. The number of nitrogens with zero attached hydrogens (tertiary/aromatic N) is 1. The van der Waals surface area contributed by atoms with E-state index in [-0.39, 0.29) is 12.1 Å². The quantitative estimate of drug-likeness (QED) is 0.742. The summed E-state index contributed by atoms with van der Waals surface area (Å²) in [4.78, 5) is 13.8. The zero-order chi connectivity index (χ0) is 13.1. The monoisotopic (exact) mass is 243 g/mol. The molecule has 2 rings (SSSR count). The number of anilines is 1. The number of benzene rings is 1. The van der Waals surface area contributed by atoms with Crippen molar-refractivity contribution in [3.05, 3.63) is 48.1 Å². The third-order valence-corrected chi connectivity index (χ3v) is 2.90. The molecule has 0 aliphatic carbocycles. The van der Waals surface area contributed by atoms with Gasteiger partial charge >= 0.3 is 6.09 Å². The van der Waals surface area contributed by atoms with Gasteiger partial charge in [0.05, 0.1) is 18.3 Å². The van der Waals surface area contributed by atoms with Crippen molar-refractivity contribution in [1.29, 1.82) is 0 Å². The Kier molecular flexibility index (Phi) is 3.51. The van der Waals surface area contributed by atoms with E-state index in [1.807, 2.05) is 43.3 Å². The molecule has 1 atom stereocenters. The zero-order valence-corrected chi connectivity index (χ0v) is 10.7. The Bertz CT molecular complexity index is 505. The van der Waals surface area contributed by atoms with Gasteiger partial charge in [-0.15, -0.1) is 0 Å². The molecule has 1 aromatic rings. The van der Waals surface area contributed by atoms with Crippen LogP contribution in [0.2, 0.25) is 0 Å². The summed E-state index contributed by atoms with van der Waals surface area (Å²) in [5.41, 5.74) is 2.79. The fourth-order valence-electron chi connectivity index (χ4n) is 2.07. The van der Waals surface area contributed by atoms with E-state index in [1.165, 1.54) is 0 Å². The van der Waals surface area contributed by atoms with Gasteiger partial charge in [0.1, 0.15) is 0 Å². The largest absolute Gasteiger partial charge is 0.449 e. The van der Waals surface area contributed by atoms with Crippen LogP contribution in [0.5, 0.6) is 0 Å². The highest BCUT2D eigenvalue weighted by Gasteiger charge is 2.29. The number of ether oxygens (including phenoxy) is 1. The molecule has 0 spiro atoms. The van der Waals surface area contributed by atoms with E-state index in [4.69, 9.17) is 4.74 Å². The maximum Gasteiger partial charge on any atom is 0.415 e. The molecule has 1 amide bonds. The Hall–Kier alpha value is -2.03. The lowest BCUT2D eigenvalue weighted by molar-refractivity contribution is 0.159. The lowest BCUT2D eigenvalue weighted by Crippen LogP contribution is -2.42. The molecule has 1 aliphatic rings. The lowest BCUT2D eigenvalue weighted by Gasteiger charge is -2.33.